The summed E-state index contributed by atoms with van der Waals surface area (Å²) in [5.41, 5.74) is 2.94. The molecular weight excluding hydrogens is 456 g/mol. The second-order valence-corrected chi connectivity index (χ2v) is 10.0. The van der Waals surface area contributed by atoms with Gasteiger partial charge >= 0.3 is 0 Å². The zero-order valence-electron chi connectivity index (χ0n) is 18.1. The van der Waals surface area contributed by atoms with Crippen LogP contribution >= 0.6 is 0 Å². The molecule has 1 fully saturated rings. The Morgan fingerprint density at radius 3 is 2.62 bits per heavy atom. The summed E-state index contributed by atoms with van der Waals surface area (Å²) >= 11 is 0. The standard InChI is InChI=1S/C24H20N4O5S/c1-15-6-7-17(24(29)26-19-9-10-19)13-20(15)16-8-11-21-18(12-16)14-25-27(21)34(32,33)23-5-3-2-4-22(23)28(30)31/h2-8,11-14,19H,9-10H2,1H3,(H,26,29). The number of aryl methyl sites for hydroxylation is 1. The highest BCUT2D eigenvalue weighted by molar-refractivity contribution is 7.90. The van der Waals surface area contributed by atoms with Gasteiger partial charge in [-0.2, -0.15) is 17.6 Å². The molecule has 0 aliphatic heterocycles. The summed E-state index contributed by atoms with van der Waals surface area (Å²) in [6, 6.07) is 16.1. The fourth-order valence-electron chi connectivity index (χ4n) is 3.86. The van der Waals surface area contributed by atoms with E-state index in [0.717, 1.165) is 39.7 Å². The molecule has 0 radical (unpaired) electrons. The van der Waals surface area contributed by atoms with E-state index in [-0.39, 0.29) is 11.9 Å². The van der Waals surface area contributed by atoms with Gasteiger partial charge in [0.25, 0.3) is 21.6 Å². The molecule has 4 aromatic rings. The minimum atomic E-state index is -4.30. The molecule has 1 amide bonds. The third-order valence-electron chi connectivity index (χ3n) is 5.83. The number of amides is 1. The topological polar surface area (TPSA) is 124 Å². The zero-order chi connectivity index (χ0) is 24.0. The Morgan fingerprint density at radius 2 is 1.88 bits per heavy atom. The second kappa shape index (κ2) is 8.07. The smallest absolute Gasteiger partial charge is 0.290 e. The van der Waals surface area contributed by atoms with Crippen molar-refractivity contribution >= 4 is 32.5 Å². The van der Waals surface area contributed by atoms with Crippen LogP contribution in [0.25, 0.3) is 22.0 Å². The summed E-state index contributed by atoms with van der Waals surface area (Å²) in [7, 11) is -4.30. The van der Waals surface area contributed by atoms with E-state index in [0.29, 0.717) is 16.5 Å². The van der Waals surface area contributed by atoms with Gasteiger partial charge in [-0.05, 0) is 66.8 Å². The predicted octanol–water partition coefficient (Wildman–Crippen LogP) is 4.05. The molecule has 1 heterocycles. The van der Waals surface area contributed by atoms with Crippen molar-refractivity contribution < 1.29 is 18.1 Å². The highest BCUT2D eigenvalue weighted by Crippen LogP contribution is 2.31. The van der Waals surface area contributed by atoms with E-state index in [2.05, 4.69) is 10.4 Å². The van der Waals surface area contributed by atoms with Crippen molar-refractivity contribution in [1.29, 1.82) is 0 Å². The Morgan fingerprint density at radius 1 is 1.12 bits per heavy atom. The molecule has 10 heteroatoms. The molecule has 1 aliphatic carbocycles. The molecule has 0 bridgehead atoms. The predicted molar refractivity (Wildman–Crippen MR) is 126 cm³/mol. The fraction of sp³-hybridized carbons (Fsp3) is 0.167. The van der Waals surface area contributed by atoms with Gasteiger partial charge < -0.3 is 5.32 Å². The molecule has 1 aromatic heterocycles. The minimum absolute atomic E-state index is 0.117. The molecule has 3 aromatic carbocycles. The van der Waals surface area contributed by atoms with E-state index in [1.165, 1.54) is 24.4 Å². The molecule has 0 atom stereocenters. The molecular formula is C24H20N4O5S. The average Bonchev–Trinajstić information content (AvgIpc) is 3.53. The van der Waals surface area contributed by atoms with Crippen molar-refractivity contribution in [2.24, 2.45) is 0 Å². The SMILES string of the molecule is Cc1ccc(C(=O)NC2CC2)cc1-c1ccc2c(cnn2S(=O)(=O)c2ccccc2[N+](=O)[O-])c1. The van der Waals surface area contributed by atoms with Crippen LogP contribution in [-0.2, 0) is 10.0 Å². The maximum Gasteiger partial charge on any atom is 0.290 e. The molecule has 172 valence electrons. The number of nitro benzene ring substituents is 1. The van der Waals surface area contributed by atoms with E-state index in [1.807, 2.05) is 19.1 Å². The van der Waals surface area contributed by atoms with Crippen LogP contribution in [0, 0.1) is 17.0 Å². The van der Waals surface area contributed by atoms with Gasteiger partial charge in [-0.25, -0.2) is 0 Å². The lowest BCUT2D eigenvalue weighted by atomic mass is 9.97. The van der Waals surface area contributed by atoms with E-state index in [4.69, 9.17) is 0 Å². The first-order valence-corrected chi connectivity index (χ1v) is 12.1. The lowest BCUT2D eigenvalue weighted by molar-refractivity contribution is -0.387. The van der Waals surface area contributed by atoms with Crippen molar-refractivity contribution in [2.45, 2.75) is 30.7 Å². The van der Waals surface area contributed by atoms with Gasteiger partial charge in [0.15, 0.2) is 4.90 Å². The van der Waals surface area contributed by atoms with Crippen molar-refractivity contribution in [2.75, 3.05) is 0 Å². The van der Waals surface area contributed by atoms with Crippen molar-refractivity contribution in [3.8, 4) is 11.1 Å². The molecule has 1 aliphatic rings. The number of nitrogens with one attached hydrogen (secondary N) is 1. The molecule has 34 heavy (non-hydrogen) atoms. The average molecular weight is 477 g/mol. The Labute approximate surface area is 195 Å². The fourth-order valence-corrected chi connectivity index (χ4v) is 5.30. The van der Waals surface area contributed by atoms with Crippen LogP contribution in [0.1, 0.15) is 28.8 Å². The summed E-state index contributed by atoms with van der Waals surface area (Å²) in [6.07, 6.45) is 3.41. The number of hydrogen-bond acceptors (Lipinski definition) is 6. The number of rotatable bonds is 6. The van der Waals surface area contributed by atoms with E-state index < -0.39 is 25.5 Å². The van der Waals surface area contributed by atoms with Gasteiger partial charge in [-0.1, -0.05) is 24.3 Å². The first-order valence-electron chi connectivity index (χ1n) is 10.6. The normalized spacial score (nSPS) is 13.7. The summed E-state index contributed by atoms with van der Waals surface area (Å²) in [4.78, 5) is 22.7. The monoisotopic (exact) mass is 476 g/mol. The highest BCUT2D eigenvalue weighted by atomic mass is 32.2. The maximum atomic E-state index is 13.2. The number of carbonyl (C=O) groups is 1. The van der Waals surface area contributed by atoms with Crippen LogP contribution in [0.2, 0.25) is 0 Å². The number of aromatic nitrogens is 2. The van der Waals surface area contributed by atoms with Crippen LogP contribution in [0.3, 0.4) is 0 Å². The second-order valence-electron chi connectivity index (χ2n) is 8.27. The lowest BCUT2D eigenvalue weighted by Gasteiger charge is -2.11. The summed E-state index contributed by atoms with van der Waals surface area (Å²) in [5, 5.41) is 18.9. The number of fused-ring (bicyclic) bond motifs is 1. The maximum absolute atomic E-state index is 13.2. The van der Waals surface area contributed by atoms with Crippen molar-refractivity contribution in [3.05, 3.63) is 88.1 Å². The number of nitro groups is 1. The van der Waals surface area contributed by atoms with Crippen LogP contribution in [-0.4, -0.2) is 34.5 Å². The van der Waals surface area contributed by atoms with Crippen LogP contribution < -0.4 is 5.32 Å². The molecule has 1 N–H and O–H groups in total. The van der Waals surface area contributed by atoms with Gasteiger partial charge in [0.1, 0.15) is 0 Å². The third-order valence-corrected chi connectivity index (χ3v) is 7.47. The van der Waals surface area contributed by atoms with E-state index in [9.17, 15) is 23.3 Å². The summed E-state index contributed by atoms with van der Waals surface area (Å²) in [6.45, 7) is 1.94. The minimum Gasteiger partial charge on any atom is -0.349 e. The Bertz CT molecular complexity index is 1570. The van der Waals surface area contributed by atoms with Crippen molar-refractivity contribution in [1.82, 2.24) is 14.5 Å². The molecule has 1 saturated carbocycles. The molecule has 5 rings (SSSR count). The van der Waals surface area contributed by atoms with Gasteiger partial charge in [0.2, 0.25) is 0 Å². The van der Waals surface area contributed by atoms with Gasteiger partial charge in [-0.3, -0.25) is 14.9 Å². The number of benzene rings is 3. The number of carbonyl (C=O) groups excluding carboxylic acids is 1. The summed E-state index contributed by atoms with van der Waals surface area (Å²) < 4.78 is 27.2. The number of para-hydroxylation sites is 1. The molecule has 0 spiro atoms. The van der Waals surface area contributed by atoms with E-state index in [1.54, 1.807) is 24.3 Å². The Balaban J connectivity index is 1.55. The van der Waals surface area contributed by atoms with E-state index >= 15 is 0 Å². The first-order chi connectivity index (χ1) is 16.3. The third kappa shape index (κ3) is 3.81. The van der Waals surface area contributed by atoms with Gasteiger partial charge in [0, 0.05) is 23.1 Å². The van der Waals surface area contributed by atoms with Crippen LogP contribution in [0.4, 0.5) is 5.69 Å². The lowest BCUT2D eigenvalue weighted by Crippen LogP contribution is -2.25. The number of hydrogen-bond donors (Lipinski definition) is 1. The molecule has 0 saturated heterocycles. The van der Waals surface area contributed by atoms with Gasteiger partial charge in [-0.15, -0.1) is 0 Å². The van der Waals surface area contributed by atoms with Gasteiger partial charge in [0.05, 0.1) is 16.6 Å². The van der Waals surface area contributed by atoms with Crippen molar-refractivity contribution in [3.63, 3.8) is 0 Å². The molecule has 0 unspecified atom stereocenters. The summed E-state index contributed by atoms with van der Waals surface area (Å²) in [5.74, 6) is -0.117. The largest absolute Gasteiger partial charge is 0.349 e. The zero-order valence-corrected chi connectivity index (χ0v) is 19.0. The Kier molecular flexibility index (Phi) is 5.17. The highest BCUT2D eigenvalue weighted by Gasteiger charge is 2.29. The van der Waals surface area contributed by atoms with Crippen LogP contribution in [0.15, 0.2) is 71.8 Å². The number of nitrogens with zero attached hydrogens (tertiary/aromatic N) is 3. The first kappa shape index (κ1) is 21.8. The van der Waals surface area contributed by atoms with Crippen LogP contribution in [0.5, 0.6) is 0 Å². The quantitative estimate of drug-likeness (QED) is 0.331. The molecule has 9 nitrogen and oxygen atoms in total. The Hall–Kier alpha value is -4.05.